The molecule has 1 aliphatic rings. The molecule has 0 saturated carbocycles. The fraction of sp³-hybridized carbons (Fsp3) is 0.333. The Bertz CT molecular complexity index is 579. The molecule has 1 aromatic carbocycles. The fourth-order valence-electron chi connectivity index (χ4n) is 2.02. The quantitative estimate of drug-likeness (QED) is 0.861. The highest BCUT2D eigenvalue weighted by molar-refractivity contribution is 5.51. The summed E-state index contributed by atoms with van der Waals surface area (Å²) in [5, 5.41) is 7.95. The molecule has 0 spiro atoms. The topological polar surface area (TPSA) is 75.2 Å². The van der Waals surface area contributed by atoms with Crippen molar-refractivity contribution in [3.05, 3.63) is 23.9 Å². The number of nitrogen functional groups attached to an aromatic ring is 1. The number of hydrogen-bond donors (Lipinski definition) is 1. The maximum atomic E-state index is 5.78. The monoisotopic (exact) mass is 246 g/mol. The van der Waals surface area contributed by atoms with Gasteiger partial charge in [-0.15, -0.1) is 5.10 Å². The normalized spacial score (nSPS) is 13.6. The van der Waals surface area contributed by atoms with Gasteiger partial charge < -0.3 is 15.2 Å². The second kappa shape index (κ2) is 4.21. The zero-order valence-corrected chi connectivity index (χ0v) is 10.1. The van der Waals surface area contributed by atoms with Crippen LogP contribution >= 0.6 is 0 Å². The van der Waals surface area contributed by atoms with Crippen molar-refractivity contribution in [2.75, 3.05) is 18.9 Å². The van der Waals surface area contributed by atoms with Crippen LogP contribution in [0.5, 0.6) is 11.5 Å². The van der Waals surface area contributed by atoms with E-state index in [1.165, 1.54) is 0 Å². The minimum Gasteiger partial charge on any atom is -0.486 e. The van der Waals surface area contributed by atoms with Crippen LogP contribution in [-0.2, 0) is 6.42 Å². The number of nitrogens with two attached hydrogens (primary N) is 1. The molecule has 0 unspecified atom stereocenters. The summed E-state index contributed by atoms with van der Waals surface area (Å²) in [4.78, 5) is 0. The summed E-state index contributed by atoms with van der Waals surface area (Å²) in [7, 11) is 0. The molecule has 0 bridgehead atoms. The highest BCUT2D eigenvalue weighted by atomic mass is 16.6. The van der Waals surface area contributed by atoms with E-state index in [4.69, 9.17) is 15.2 Å². The Morgan fingerprint density at radius 2 is 2.06 bits per heavy atom. The molecule has 94 valence electrons. The molecule has 0 fully saturated rings. The molecule has 0 atom stereocenters. The van der Waals surface area contributed by atoms with Crippen molar-refractivity contribution in [1.82, 2.24) is 15.0 Å². The van der Waals surface area contributed by atoms with Crippen LogP contribution in [0.25, 0.3) is 5.69 Å². The summed E-state index contributed by atoms with van der Waals surface area (Å²) < 4.78 is 12.8. The molecule has 0 amide bonds. The molecule has 18 heavy (non-hydrogen) atoms. The summed E-state index contributed by atoms with van der Waals surface area (Å²) >= 11 is 0. The second-order valence-corrected chi connectivity index (χ2v) is 4.01. The molecule has 6 nitrogen and oxygen atoms in total. The number of anilines is 1. The van der Waals surface area contributed by atoms with E-state index in [1.54, 1.807) is 4.68 Å². The van der Waals surface area contributed by atoms with E-state index in [-0.39, 0.29) is 0 Å². The summed E-state index contributed by atoms with van der Waals surface area (Å²) in [6, 6.07) is 5.68. The van der Waals surface area contributed by atoms with E-state index in [0.717, 1.165) is 29.3 Å². The number of aromatic nitrogens is 3. The Labute approximate surface area is 104 Å². The molecular formula is C12H14N4O2. The summed E-state index contributed by atoms with van der Waals surface area (Å²) in [5.74, 6) is 1.96. The number of hydrogen-bond acceptors (Lipinski definition) is 5. The van der Waals surface area contributed by atoms with Gasteiger partial charge in [0.05, 0.1) is 11.4 Å². The Kier molecular flexibility index (Phi) is 2.55. The summed E-state index contributed by atoms with van der Waals surface area (Å²) in [6.07, 6.45) is 0.771. The lowest BCUT2D eigenvalue weighted by Crippen LogP contribution is -2.15. The lowest BCUT2D eigenvalue weighted by molar-refractivity contribution is 0.171. The van der Waals surface area contributed by atoms with Gasteiger partial charge in [0.1, 0.15) is 13.2 Å². The van der Waals surface area contributed by atoms with Crippen molar-refractivity contribution in [1.29, 1.82) is 0 Å². The van der Waals surface area contributed by atoms with Gasteiger partial charge in [-0.3, -0.25) is 0 Å². The van der Waals surface area contributed by atoms with Crippen LogP contribution in [0, 0.1) is 0 Å². The van der Waals surface area contributed by atoms with E-state index in [0.29, 0.717) is 19.0 Å². The zero-order valence-electron chi connectivity index (χ0n) is 10.1. The van der Waals surface area contributed by atoms with Crippen LogP contribution in [0.4, 0.5) is 5.82 Å². The Morgan fingerprint density at radius 3 is 2.83 bits per heavy atom. The highest BCUT2D eigenvalue weighted by Gasteiger charge is 2.15. The molecule has 3 rings (SSSR count). The third-order valence-electron chi connectivity index (χ3n) is 2.90. The number of nitrogens with zero attached hydrogens (tertiary/aromatic N) is 3. The van der Waals surface area contributed by atoms with Gasteiger partial charge in [0, 0.05) is 6.07 Å². The fourth-order valence-corrected chi connectivity index (χ4v) is 2.02. The van der Waals surface area contributed by atoms with E-state index in [9.17, 15) is 0 Å². The molecule has 1 aliphatic heterocycles. The SMILES string of the molecule is CCc1c(N)nnn1-c1ccc2c(c1)OCCO2. The number of fused-ring (bicyclic) bond motifs is 1. The van der Waals surface area contributed by atoms with Crippen molar-refractivity contribution < 1.29 is 9.47 Å². The maximum absolute atomic E-state index is 5.78. The standard InChI is InChI=1S/C12H14N4O2/c1-2-9-12(13)14-15-16(9)8-3-4-10-11(7-8)18-6-5-17-10/h3-4,7H,2,5-6,13H2,1H3. The predicted octanol–water partition coefficient (Wildman–Crippen LogP) is 1.18. The van der Waals surface area contributed by atoms with Gasteiger partial charge >= 0.3 is 0 Å². The van der Waals surface area contributed by atoms with Crippen LogP contribution in [0.15, 0.2) is 18.2 Å². The third kappa shape index (κ3) is 1.66. The number of ether oxygens (including phenoxy) is 2. The minimum absolute atomic E-state index is 0.465. The number of benzene rings is 1. The maximum Gasteiger partial charge on any atom is 0.169 e. The molecule has 2 heterocycles. The van der Waals surface area contributed by atoms with Crippen molar-refractivity contribution in [2.45, 2.75) is 13.3 Å². The third-order valence-corrected chi connectivity index (χ3v) is 2.90. The second-order valence-electron chi connectivity index (χ2n) is 4.01. The van der Waals surface area contributed by atoms with E-state index in [2.05, 4.69) is 10.3 Å². The average Bonchev–Trinajstić information content (AvgIpc) is 2.79. The minimum atomic E-state index is 0.465. The van der Waals surface area contributed by atoms with Crippen molar-refractivity contribution in [3.8, 4) is 17.2 Å². The van der Waals surface area contributed by atoms with Crippen molar-refractivity contribution in [2.24, 2.45) is 0 Å². The lowest BCUT2D eigenvalue weighted by atomic mass is 10.2. The highest BCUT2D eigenvalue weighted by Crippen LogP contribution is 2.32. The first-order valence-corrected chi connectivity index (χ1v) is 5.89. The van der Waals surface area contributed by atoms with E-state index >= 15 is 0 Å². The van der Waals surface area contributed by atoms with Gasteiger partial charge in [-0.05, 0) is 18.6 Å². The first-order chi connectivity index (χ1) is 8.79. The first kappa shape index (κ1) is 10.9. The molecular weight excluding hydrogens is 232 g/mol. The Balaban J connectivity index is 2.06. The van der Waals surface area contributed by atoms with E-state index in [1.807, 2.05) is 25.1 Å². The molecule has 2 N–H and O–H groups in total. The van der Waals surface area contributed by atoms with Crippen molar-refractivity contribution >= 4 is 5.82 Å². The lowest BCUT2D eigenvalue weighted by Gasteiger charge is -2.19. The average molecular weight is 246 g/mol. The first-order valence-electron chi connectivity index (χ1n) is 5.89. The number of rotatable bonds is 2. The van der Waals surface area contributed by atoms with E-state index < -0.39 is 0 Å². The van der Waals surface area contributed by atoms with Crippen LogP contribution in [-0.4, -0.2) is 28.2 Å². The van der Waals surface area contributed by atoms with Crippen LogP contribution in [0.2, 0.25) is 0 Å². The van der Waals surface area contributed by atoms with Crippen molar-refractivity contribution in [3.63, 3.8) is 0 Å². The summed E-state index contributed by atoms with van der Waals surface area (Å²) in [5.41, 5.74) is 7.55. The smallest absolute Gasteiger partial charge is 0.169 e. The zero-order chi connectivity index (χ0) is 12.5. The van der Waals surface area contributed by atoms with Gasteiger partial charge in [-0.1, -0.05) is 12.1 Å². The molecule has 0 radical (unpaired) electrons. The van der Waals surface area contributed by atoms with Gasteiger partial charge in [0.2, 0.25) is 0 Å². The van der Waals surface area contributed by atoms with Gasteiger partial charge in [-0.25, -0.2) is 4.68 Å². The molecule has 6 heteroatoms. The van der Waals surface area contributed by atoms with Gasteiger partial charge in [0.15, 0.2) is 17.3 Å². The van der Waals surface area contributed by atoms with Gasteiger partial charge in [-0.2, -0.15) is 0 Å². The van der Waals surface area contributed by atoms with Gasteiger partial charge in [0.25, 0.3) is 0 Å². The van der Waals surface area contributed by atoms with Crippen LogP contribution in [0.1, 0.15) is 12.6 Å². The largest absolute Gasteiger partial charge is 0.486 e. The molecule has 0 aliphatic carbocycles. The molecule has 2 aromatic rings. The Hall–Kier alpha value is -2.24. The van der Waals surface area contributed by atoms with Crippen LogP contribution in [0.3, 0.4) is 0 Å². The molecule has 0 saturated heterocycles. The summed E-state index contributed by atoms with van der Waals surface area (Å²) in [6.45, 7) is 3.17. The van der Waals surface area contributed by atoms with Crippen LogP contribution < -0.4 is 15.2 Å². The Morgan fingerprint density at radius 1 is 1.28 bits per heavy atom. The molecule has 1 aromatic heterocycles. The predicted molar refractivity (Wildman–Crippen MR) is 66.1 cm³/mol.